The highest BCUT2D eigenvalue weighted by atomic mass is 16.5. The van der Waals surface area contributed by atoms with Gasteiger partial charge in [0, 0.05) is 32.1 Å². The number of likely N-dealkylation sites (N-methyl/N-ethyl adjacent to an activating group) is 1. The smallest absolute Gasteiger partial charge is 0.130 e. The molecule has 2 rings (SSSR count). The lowest BCUT2D eigenvalue weighted by Gasteiger charge is -2.35. The van der Waals surface area contributed by atoms with E-state index in [1.165, 1.54) is 40.2 Å². The number of nitrogens with one attached hydrogen (secondary N) is 1. The van der Waals surface area contributed by atoms with Crippen molar-refractivity contribution in [3.8, 4) is 5.75 Å². The van der Waals surface area contributed by atoms with Crippen LogP contribution >= 0.6 is 0 Å². The number of hydrogen-bond acceptors (Lipinski definition) is 6. The third-order valence-electron chi connectivity index (χ3n) is 7.57. The number of aryl methyl sites for hydroxylation is 1. The molecule has 2 atom stereocenters. The van der Waals surface area contributed by atoms with E-state index < -0.39 is 11.6 Å². The van der Waals surface area contributed by atoms with Crippen LogP contribution in [-0.2, 0) is 18.4 Å². The number of aliphatic hydroxyl groups is 1. The number of fused-ring (bicyclic) bond motifs is 1. The van der Waals surface area contributed by atoms with E-state index in [0.717, 1.165) is 12.2 Å². The largest absolute Gasteiger partial charge is 0.487 e. The highest BCUT2D eigenvalue weighted by Gasteiger charge is 2.33. The van der Waals surface area contributed by atoms with Crippen molar-refractivity contribution in [1.82, 2.24) is 15.3 Å². The average molecular weight is 594 g/mol. The number of rotatable bonds is 10. The van der Waals surface area contributed by atoms with Crippen LogP contribution in [0.25, 0.3) is 0 Å². The van der Waals surface area contributed by atoms with Crippen molar-refractivity contribution >= 4 is 0 Å². The van der Waals surface area contributed by atoms with Crippen LogP contribution in [-0.4, -0.2) is 72.3 Å². The van der Waals surface area contributed by atoms with Gasteiger partial charge in [0.05, 0.1) is 5.54 Å². The number of benzene rings is 1. The summed E-state index contributed by atoms with van der Waals surface area (Å²) in [5.41, 5.74) is 4.36. The molecule has 0 fully saturated rings. The molecule has 0 aromatic heterocycles. The first kappa shape index (κ1) is 42.7. The third-order valence-corrected chi connectivity index (χ3v) is 7.57. The standard InChI is InChI=1S/C28H49N3O3.2C3H8.C2H6/c1-12-19-14-24-20(13-22(19)28(7,8)30(9)10)15-25(34-24)23(32)18-29-17-21(26(2,3)4)16-27(5,6)31(11)33;2*1-3-2;1-2/h13-14,16,23,25,29,32-33H,12,15,17-18H2,1-11H3;2*3H2,1-2H3;1-2H3/b21-16-;;;. The van der Waals surface area contributed by atoms with E-state index in [1.807, 2.05) is 27.7 Å². The first-order chi connectivity index (χ1) is 19.3. The van der Waals surface area contributed by atoms with Crippen molar-refractivity contribution in [3.63, 3.8) is 0 Å². The van der Waals surface area contributed by atoms with Gasteiger partial charge in [-0.25, -0.2) is 0 Å². The lowest BCUT2D eigenvalue weighted by Crippen LogP contribution is -2.41. The summed E-state index contributed by atoms with van der Waals surface area (Å²) in [7, 11) is 5.89. The molecule has 0 radical (unpaired) electrons. The van der Waals surface area contributed by atoms with Gasteiger partial charge in [-0.15, -0.1) is 0 Å². The van der Waals surface area contributed by atoms with E-state index in [9.17, 15) is 10.3 Å². The lowest BCUT2D eigenvalue weighted by molar-refractivity contribution is -0.121. The van der Waals surface area contributed by atoms with Crippen molar-refractivity contribution in [2.75, 3.05) is 34.2 Å². The van der Waals surface area contributed by atoms with E-state index in [4.69, 9.17) is 4.74 Å². The zero-order valence-electron chi connectivity index (χ0n) is 30.8. The molecule has 2 unspecified atom stereocenters. The molecule has 6 nitrogen and oxygen atoms in total. The van der Waals surface area contributed by atoms with Gasteiger partial charge >= 0.3 is 0 Å². The second kappa shape index (κ2) is 19.8. The summed E-state index contributed by atoms with van der Waals surface area (Å²) < 4.78 is 6.22. The molecule has 0 saturated carbocycles. The number of hydrogen-bond donors (Lipinski definition) is 3. The molecular weight excluding hydrogens is 522 g/mol. The van der Waals surface area contributed by atoms with Gasteiger partial charge < -0.3 is 25.3 Å². The van der Waals surface area contributed by atoms with Gasteiger partial charge in [0.25, 0.3) is 0 Å². The number of hydroxylamine groups is 2. The fourth-order valence-electron chi connectivity index (χ4n) is 4.21. The normalized spacial score (nSPS) is 15.9. The van der Waals surface area contributed by atoms with Crippen molar-refractivity contribution in [2.24, 2.45) is 5.41 Å². The third kappa shape index (κ3) is 13.5. The molecule has 42 heavy (non-hydrogen) atoms. The minimum Gasteiger partial charge on any atom is -0.487 e. The molecule has 0 aliphatic carbocycles. The Hall–Kier alpha value is -1.44. The van der Waals surface area contributed by atoms with E-state index in [2.05, 4.69) is 112 Å². The van der Waals surface area contributed by atoms with Crippen LogP contribution < -0.4 is 10.1 Å². The Morgan fingerprint density at radius 2 is 1.48 bits per heavy atom. The summed E-state index contributed by atoms with van der Waals surface area (Å²) in [6.07, 6.45) is 5.39. The second-order valence-electron chi connectivity index (χ2n) is 13.5. The number of aliphatic hydroxyl groups excluding tert-OH is 1. The summed E-state index contributed by atoms with van der Waals surface area (Å²) in [6, 6.07) is 4.45. The molecule has 6 heteroatoms. The van der Waals surface area contributed by atoms with Crippen LogP contribution in [0.4, 0.5) is 0 Å². The topological polar surface area (TPSA) is 68.2 Å². The van der Waals surface area contributed by atoms with Crippen molar-refractivity contribution in [2.45, 2.75) is 146 Å². The molecule has 3 N–H and O–H groups in total. The van der Waals surface area contributed by atoms with Gasteiger partial charge in [-0.1, -0.05) is 93.7 Å². The molecule has 1 aliphatic heterocycles. The van der Waals surface area contributed by atoms with E-state index >= 15 is 0 Å². The Balaban J connectivity index is 0. The fourth-order valence-corrected chi connectivity index (χ4v) is 4.21. The summed E-state index contributed by atoms with van der Waals surface area (Å²) in [4.78, 5) is 2.25. The molecule has 0 bridgehead atoms. The first-order valence-corrected chi connectivity index (χ1v) is 16.4. The summed E-state index contributed by atoms with van der Waals surface area (Å²) in [5, 5.41) is 25.6. The van der Waals surface area contributed by atoms with Gasteiger partial charge in [0.1, 0.15) is 18.0 Å². The van der Waals surface area contributed by atoms with Gasteiger partial charge in [0.15, 0.2) is 0 Å². The minimum atomic E-state index is -0.613. The molecule has 1 aromatic rings. The monoisotopic (exact) mass is 594 g/mol. The fraction of sp³-hybridized carbons (Fsp3) is 0.778. The van der Waals surface area contributed by atoms with Gasteiger partial charge in [-0.05, 0) is 82.4 Å². The predicted molar refractivity (Wildman–Crippen MR) is 184 cm³/mol. The number of nitrogens with zero attached hydrogens (tertiary/aromatic N) is 2. The average Bonchev–Trinajstić information content (AvgIpc) is 3.32. The molecule has 1 heterocycles. The van der Waals surface area contributed by atoms with Crippen LogP contribution in [0.2, 0.25) is 0 Å². The molecule has 0 spiro atoms. The van der Waals surface area contributed by atoms with Crippen molar-refractivity contribution in [1.29, 1.82) is 0 Å². The molecule has 0 saturated heterocycles. The molecule has 1 aromatic carbocycles. The highest BCUT2D eigenvalue weighted by molar-refractivity contribution is 5.48. The van der Waals surface area contributed by atoms with Crippen molar-refractivity contribution < 1.29 is 15.1 Å². The van der Waals surface area contributed by atoms with Gasteiger partial charge in [-0.3, -0.25) is 0 Å². The molecule has 1 aliphatic rings. The van der Waals surface area contributed by atoms with E-state index in [-0.39, 0.29) is 17.1 Å². The summed E-state index contributed by atoms with van der Waals surface area (Å²) in [5.74, 6) is 0.905. The summed E-state index contributed by atoms with van der Waals surface area (Å²) >= 11 is 0. The van der Waals surface area contributed by atoms with Crippen LogP contribution in [0.1, 0.15) is 126 Å². The lowest BCUT2D eigenvalue weighted by atomic mass is 9.83. The van der Waals surface area contributed by atoms with Gasteiger partial charge in [-0.2, -0.15) is 5.06 Å². The van der Waals surface area contributed by atoms with Crippen LogP contribution in [0, 0.1) is 5.41 Å². The Labute approximate surface area is 261 Å². The van der Waals surface area contributed by atoms with Gasteiger partial charge in [0.2, 0.25) is 0 Å². The predicted octanol–water partition coefficient (Wildman–Crippen LogP) is 8.23. The maximum Gasteiger partial charge on any atom is 0.130 e. The second-order valence-corrected chi connectivity index (χ2v) is 13.5. The summed E-state index contributed by atoms with van der Waals surface area (Å²) in [6.45, 7) is 30.7. The Morgan fingerprint density at radius 3 is 1.88 bits per heavy atom. The Bertz CT molecular complexity index is 897. The van der Waals surface area contributed by atoms with Crippen LogP contribution in [0.5, 0.6) is 5.75 Å². The Kier molecular flexibility index (Phi) is 20.1. The van der Waals surface area contributed by atoms with Crippen molar-refractivity contribution in [3.05, 3.63) is 40.5 Å². The van der Waals surface area contributed by atoms with Crippen LogP contribution in [0.15, 0.2) is 23.8 Å². The maximum atomic E-state index is 10.9. The first-order valence-electron chi connectivity index (χ1n) is 16.4. The van der Waals surface area contributed by atoms with E-state index in [0.29, 0.717) is 19.5 Å². The Morgan fingerprint density at radius 1 is 0.976 bits per heavy atom. The molecule has 0 amide bonds. The maximum absolute atomic E-state index is 10.9. The van der Waals surface area contributed by atoms with Crippen LogP contribution in [0.3, 0.4) is 0 Å². The van der Waals surface area contributed by atoms with E-state index in [1.54, 1.807) is 7.05 Å². The zero-order valence-corrected chi connectivity index (χ0v) is 30.8. The zero-order chi connectivity index (χ0) is 33.5. The highest BCUT2D eigenvalue weighted by Crippen LogP contribution is 2.38. The molecule has 248 valence electrons. The minimum absolute atomic E-state index is 0.0580. The quantitative estimate of drug-likeness (QED) is 0.188. The molecular formula is C36H71N3O3. The number of ether oxygens (including phenoxy) is 1. The SMILES string of the molecule is CC.CCC.CCC.CCc1cc2c(cc1C(C)(C)N(C)C)CC(C(O)CNC/C(=C/C(C)(C)N(C)O)C(C)(C)C)O2.